The van der Waals surface area contributed by atoms with Gasteiger partial charge in [0.2, 0.25) is 17.6 Å². The van der Waals surface area contributed by atoms with E-state index in [1.807, 2.05) is 0 Å². The number of hydrogen-bond acceptors (Lipinski definition) is 9. The molecule has 1 fully saturated rings. The van der Waals surface area contributed by atoms with Gasteiger partial charge in [-0.3, -0.25) is 24.1 Å². The van der Waals surface area contributed by atoms with Gasteiger partial charge in [0, 0.05) is 36.9 Å². The fraction of sp³-hybridized carbons (Fsp3) is 0.409. The summed E-state index contributed by atoms with van der Waals surface area (Å²) in [6, 6.07) is 7.61. The standard InChI is InChI=1S/C22H25N3O7S/c1-22(13-6-4-3-5-7-13)17(26)10-15(32-22)19(28)24-14(21(30)31-2)12-33-16-11-18(27)25(9-8-23)20(16)29/h3-7,10,14,16H,8-9,11-12,23H2,1-2H3,(H,24,28). The summed E-state index contributed by atoms with van der Waals surface area (Å²) in [5.41, 5.74) is 4.67. The van der Waals surface area contributed by atoms with Crippen molar-refractivity contribution in [2.45, 2.75) is 30.2 Å². The summed E-state index contributed by atoms with van der Waals surface area (Å²) in [5, 5.41) is 1.81. The Morgan fingerprint density at radius 3 is 2.64 bits per heavy atom. The number of ketones is 1. The van der Waals surface area contributed by atoms with E-state index in [1.165, 1.54) is 7.11 Å². The van der Waals surface area contributed by atoms with Crippen LogP contribution in [0.15, 0.2) is 42.2 Å². The molecule has 1 aromatic rings. The number of ether oxygens (including phenoxy) is 2. The first-order valence-electron chi connectivity index (χ1n) is 10.3. The molecule has 11 heteroatoms. The van der Waals surface area contributed by atoms with E-state index >= 15 is 0 Å². The fourth-order valence-electron chi connectivity index (χ4n) is 3.53. The monoisotopic (exact) mass is 475 g/mol. The van der Waals surface area contributed by atoms with Crippen LogP contribution in [0, 0.1) is 0 Å². The molecule has 3 atom stereocenters. The van der Waals surface area contributed by atoms with E-state index in [0.29, 0.717) is 5.56 Å². The van der Waals surface area contributed by atoms with Gasteiger partial charge in [-0.1, -0.05) is 30.3 Å². The maximum absolute atomic E-state index is 12.8. The second-order valence-corrected chi connectivity index (χ2v) is 8.86. The van der Waals surface area contributed by atoms with Crippen LogP contribution in [-0.2, 0) is 39.0 Å². The van der Waals surface area contributed by atoms with Crippen LogP contribution in [0.25, 0.3) is 0 Å². The van der Waals surface area contributed by atoms with Gasteiger partial charge >= 0.3 is 5.97 Å². The van der Waals surface area contributed by atoms with Gasteiger partial charge in [0.25, 0.3) is 5.91 Å². The summed E-state index contributed by atoms with van der Waals surface area (Å²) in [6.45, 7) is 1.85. The molecule has 1 aromatic carbocycles. The lowest BCUT2D eigenvalue weighted by molar-refractivity contribution is -0.144. The van der Waals surface area contributed by atoms with Crippen molar-refractivity contribution in [3.05, 3.63) is 47.7 Å². The summed E-state index contributed by atoms with van der Waals surface area (Å²) < 4.78 is 10.5. The number of carbonyl (C=O) groups is 5. The number of imide groups is 1. The molecule has 33 heavy (non-hydrogen) atoms. The molecular formula is C22H25N3O7S. The average molecular weight is 476 g/mol. The summed E-state index contributed by atoms with van der Waals surface area (Å²) in [7, 11) is 1.17. The number of esters is 1. The lowest BCUT2D eigenvalue weighted by atomic mass is 9.92. The van der Waals surface area contributed by atoms with E-state index in [4.69, 9.17) is 15.2 Å². The van der Waals surface area contributed by atoms with Gasteiger partial charge in [-0.05, 0) is 6.92 Å². The molecule has 3 N–H and O–H groups in total. The van der Waals surface area contributed by atoms with Crippen LogP contribution in [0.1, 0.15) is 18.9 Å². The molecule has 10 nitrogen and oxygen atoms in total. The number of thioether (sulfide) groups is 1. The minimum absolute atomic E-state index is 0.0104. The van der Waals surface area contributed by atoms with E-state index < -0.39 is 34.6 Å². The number of benzene rings is 1. The predicted octanol–water partition coefficient (Wildman–Crippen LogP) is -0.138. The lowest BCUT2D eigenvalue weighted by Crippen LogP contribution is -2.45. The first-order chi connectivity index (χ1) is 15.7. The molecule has 0 aliphatic carbocycles. The van der Waals surface area contributed by atoms with Crippen LogP contribution in [0.5, 0.6) is 0 Å². The lowest BCUT2D eigenvalue weighted by Gasteiger charge is -2.24. The van der Waals surface area contributed by atoms with Crippen LogP contribution < -0.4 is 11.1 Å². The van der Waals surface area contributed by atoms with Crippen molar-refractivity contribution in [1.29, 1.82) is 0 Å². The molecule has 0 radical (unpaired) electrons. The van der Waals surface area contributed by atoms with Gasteiger partial charge < -0.3 is 20.5 Å². The largest absolute Gasteiger partial charge is 0.469 e. The van der Waals surface area contributed by atoms with E-state index in [1.54, 1.807) is 37.3 Å². The van der Waals surface area contributed by atoms with Crippen LogP contribution >= 0.6 is 11.8 Å². The second-order valence-electron chi connectivity index (χ2n) is 7.62. The Morgan fingerprint density at radius 1 is 1.30 bits per heavy atom. The molecule has 0 aromatic heterocycles. The Kier molecular flexibility index (Phi) is 7.54. The fourth-order valence-corrected chi connectivity index (χ4v) is 4.70. The molecule has 0 bridgehead atoms. The Morgan fingerprint density at radius 2 is 2.00 bits per heavy atom. The highest BCUT2D eigenvalue weighted by Gasteiger charge is 2.44. The number of amides is 3. The number of nitrogens with two attached hydrogens (primary N) is 1. The molecule has 0 spiro atoms. The normalized spacial score (nSPS) is 23.2. The number of likely N-dealkylation sites (tertiary alicyclic amines) is 1. The maximum atomic E-state index is 12.8. The molecule has 1 saturated heterocycles. The van der Waals surface area contributed by atoms with Crippen molar-refractivity contribution in [1.82, 2.24) is 10.2 Å². The number of nitrogens with one attached hydrogen (secondary N) is 1. The molecule has 176 valence electrons. The first-order valence-corrected chi connectivity index (χ1v) is 11.3. The van der Waals surface area contributed by atoms with Gasteiger partial charge in [0.1, 0.15) is 6.04 Å². The molecule has 0 saturated carbocycles. The van der Waals surface area contributed by atoms with Crippen molar-refractivity contribution in [2.24, 2.45) is 5.73 Å². The Balaban J connectivity index is 1.65. The Bertz CT molecular complexity index is 997. The SMILES string of the molecule is COC(=O)C(CSC1CC(=O)N(CCN)C1=O)NC(=O)C1=CC(=O)C(C)(c2ccccc2)O1. The quantitative estimate of drug-likeness (QED) is 0.368. The van der Waals surface area contributed by atoms with E-state index in [-0.39, 0.29) is 42.8 Å². The zero-order valence-corrected chi connectivity index (χ0v) is 19.1. The van der Waals surface area contributed by atoms with Gasteiger partial charge in [-0.25, -0.2) is 4.79 Å². The molecule has 2 aliphatic rings. The smallest absolute Gasteiger partial charge is 0.329 e. The van der Waals surface area contributed by atoms with Crippen LogP contribution in [0.2, 0.25) is 0 Å². The Labute approximate surface area is 194 Å². The number of rotatable bonds is 9. The highest BCUT2D eigenvalue weighted by atomic mass is 32.2. The molecule has 3 amide bonds. The minimum Gasteiger partial charge on any atom is -0.469 e. The number of nitrogens with zero attached hydrogens (tertiary/aromatic N) is 1. The van der Waals surface area contributed by atoms with Crippen molar-refractivity contribution in [3.8, 4) is 0 Å². The zero-order chi connectivity index (χ0) is 24.2. The number of methoxy groups -OCH3 is 1. The third kappa shape index (κ3) is 5.09. The topological polar surface area (TPSA) is 145 Å². The highest BCUT2D eigenvalue weighted by molar-refractivity contribution is 8.00. The summed E-state index contributed by atoms with van der Waals surface area (Å²) >= 11 is 1.06. The third-order valence-electron chi connectivity index (χ3n) is 5.41. The van der Waals surface area contributed by atoms with E-state index in [0.717, 1.165) is 22.7 Å². The van der Waals surface area contributed by atoms with Gasteiger partial charge in [0.15, 0.2) is 11.4 Å². The number of hydrogen-bond donors (Lipinski definition) is 2. The van der Waals surface area contributed by atoms with Crippen LogP contribution in [0.3, 0.4) is 0 Å². The predicted molar refractivity (Wildman–Crippen MR) is 119 cm³/mol. The van der Waals surface area contributed by atoms with Crippen molar-refractivity contribution in [3.63, 3.8) is 0 Å². The molecule has 2 aliphatic heterocycles. The molecule has 2 heterocycles. The Hall–Kier alpha value is -3.18. The zero-order valence-electron chi connectivity index (χ0n) is 18.2. The first kappa shape index (κ1) is 24.5. The highest BCUT2D eigenvalue weighted by Crippen LogP contribution is 2.35. The summed E-state index contributed by atoms with van der Waals surface area (Å²) in [5.74, 6) is -2.86. The average Bonchev–Trinajstić information content (AvgIpc) is 3.27. The van der Waals surface area contributed by atoms with Gasteiger partial charge in [-0.2, -0.15) is 0 Å². The molecular weight excluding hydrogens is 450 g/mol. The summed E-state index contributed by atoms with van der Waals surface area (Å²) in [6.07, 6.45) is 1.08. The number of carbonyl (C=O) groups excluding carboxylic acids is 5. The van der Waals surface area contributed by atoms with Crippen molar-refractivity contribution >= 4 is 41.2 Å². The summed E-state index contributed by atoms with van der Waals surface area (Å²) in [4.78, 5) is 63.1. The van der Waals surface area contributed by atoms with E-state index in [2.05, 4.69) is 5.32 Å². The minimum atomic E-state index is -1.35. The molecule has 3 rings (SSSR count). The van der Waals surface area contributed by atoms with Crippen LogP contribution in [0.4, 0.5) is 0 Å². The van der Waals surface area contributed by atoms with Crippen molar-refractivity contribution < 1.29 is 33.4 Å². The van der Waals surface area contributed by atoms with Crippen molar-refractivity contribution in [2.75, 3.05) is 26.0 Å². The van der Waals surface area contributed by atoms with Crippen LogP contribution in [-0.4, -0.2) is 71.6 Å². The third-order valence-corrected chi connectivity index (χ3v) is 6.70. The van der Waals surface area contributed by atoms with E-state index in [9.17, 15) is 24.0 Å². The molecule has 3 unspecified atom stereocenters. The maximum Gasteiger partial charge on any atom is 0.329 e. The van der Waals surface area contributed by atoms with Gasteiger partial charge in [0.05, 0.1) is 12.4 Å². The van der Waals surface area contributed by atoms with Gasteiger partial charge in [-0.15, -0.1) is 11.8 Å². The second kappa shape index (κ2) is 10.2.